The number of alkyl halides is 5. The number of halogens is 5. The molecule has 0 unspecified atom stereocenters. The molecule has 1 aliphatic rings. The van der Waals surface area contributed by atoms with Crippen LogP contribution in [-0.4, -0.2) is 37.3 Å². The SMILES string of the molecule is O=C(NC1COC1)C(F)(F)C(F)(F)F. The molecule has 1 aliphatic heterocycles. The molecular formula is C6H6F5NO2. The Labute approximate surface area is 75.2 Å². The van der Waals surface area contributed by atoms with Crippen LogP contribution in [0, 0.1) is 0 Å². The molecule has 0 atom stereocenters. The minimum atomic E-state index is -5.86. The van der Waals surface area contributed by atoms with Crippen LogP contribution in [0.25, 0.3) is 0 Å². The molecular weight excluding hydrogens is 213 g/mol. The highest BCUT2D eigenvalue weighted by atomic mass is 19.4. The van der Waals surface area contributed by atoms with E-state index in [2.05, 4.69) is 4.74 Å². The van der Waals surface area contributed by atoms with Crippen molar-refractivity contribution >= 4 is 5.91 Å². The van der Waals surface area contributed by atoms with Gasteiger partial charge >= 0.3 is 18.0 Å². The van der Waals surface area contributed by atoms with E-state index < -0.39 is 24.0 Å². The van der Waals surface area contributed by atoms with E-state index in [1.807, 2.05) is 0 Å². The van der Waals surface area contributed by atoms with E-state index in [0.717, 1.165) is 0 Å². The fourth-order valence-corrected chi connectivity index (χ4v) is 0.724. The van der Waals surface area contributed by atoms with Crippen molar-refractivity contribution in [2.75, 3.05) is 13.2 Å². The summed E-state index contributed by atoms with van der Waals surface area (Å²) in [6, 6.07) is -0.754. The number of amides is 1. The third-order valence-corrected chi connectivity index (χ3v) is 1.61. The van der Waals surface area contributed by atoms with Crippen molar-refractivity contribution in [3.8, 4) is 0 Å². The average Bonchev–Trinajstić information content (AvgIpc) is 1.93. The van der Waals surface area contributed by atoms with Gasteiger partial charge in [0.25, 0.3) is 0 Å². The molecule has 1 heterocycles. The molecule has 1 N–H and O–H groups in total. The van der Waals surface area contributed by atoms with Gasteiger partial charge in [-0.05, 0) is 0 Å². The Balaban J connectivity index is 2.57. The molecule has 14 heavy (non-hydrogen) atoms. The summed E-state index contributed by atoms with van der Waals surface area (Å²) >= 11 is 0. The van der Waals surface area contributed by atoms with Crippen LogP contribution in [-0.2, 0) is 9.53 Å². The Morgan fingerprint density at radius 3 is 2.00 bits per heavy atom. The number of ether oxygens (including phenoxy) is 1. The van der Waals surface area contributed by atoms with Gasteiger partial charge in [-0.3, -0.25) is 4.79 Å². The third-order valence-electron chi connectivity index (χ3n) is 1.61. The highest BCUT2D eigenvalue weighted by Gasteiger charge is 2.63. The monoisotopic (exact) mass is 219 g/mol. The maximum atomic E-state index is 12.3. The van der Waals surface area contributed by atoms with Crippen molar-refractivity contribution in [1.29, 1.82) is 0 Å². The van der Waals surface area contributed by atoms with E-state index in [-0.39, 0.29) is 13.2 Å². The Hall–Kier alpha value is -0.920. The number of rotatable bonds is 2. The van der Waals surface area contributed by atoms with Gasteiger partial charge in [-0.15, -0.1) is 0 Å². The molecule has 0 bridgehead atoms. The zero-order valence-electron chi connectivity index (χ0n) is 6.70. The summed E-state index contributed by atoms with van der Waals surface area (Å²) in [6.07, 6.45) is -5.86. The van der Waals surface area contributed by atoms with Gasteiger partial charge < -0.3 is 10.1 Å². The summed E-state index contributed by atoms with van der Waals surface area (Å²) in [4.78, 5) is 10.5. The normalized spacial score (nSPS) is 18.9. The zero-order chi connectivity index (χ0) is 11.0. The number of hydrogen-bond acceptors (Lipinski definition) is 2. The highest BCUT2D eigenvalue weighted by Crippen LogP contribution is 2.35. The van der Waals surface area contributed by atoms with Gasteiger partial charge in [-0.1, -0.05) is 0 Å². The van der Waals surface area contributed by atoms with Crippen LogP contribution < -0.4 is 5.32 Å². The number of hydrogen-bond donors (Lipinski definition) is 1. The van der Waals surface area contributed by atoms with Crippen molar-refractivity contribution in [3.63, 3.8) is 0 Å². The molecule has 1 rings (SSSR count). The van der Waals surface area contributed by atoms with Gasteiger partial charge in [0, 0.05) is 0 Å². The Kier molecular flexibility index (Phi) is 2.66. The van der Waals surface area contributed by atoms with E-state index >= 15 is 0 Å². The van der Waals surface area contributed by atoms with Gasteiger partial charge in [0.2, 0.25) is 0 Å². The molecule has 0 spiro atoms. The van der Waals surface area contributed by atoms with Crippen LogP contribution in [0.1, 0.15) is 0 Å². The maximum Gasteiger partial charge on any atom is 0.463 e. The first-order valence-corrected chi connectivity index (χ1v) is 3.58. The molecule has 0 aliphatic carbocycles. The molecule has 0 aromatic carbocycles. The van der Waals surface area contributed by atoms with Crippen molar-refractivity contribution in [3.05, 3.63) is 0 Å². The van der Waals surface area contributed by atoms with Crippen LogP contribution in [0.2, 0.25) is 0 Å². The lowest BCUT2D eigenvalue weighted by Gasteiger charge is -2.29. The van der Waals surface area contributed by atoms with Gasteiger partial charge in [0.15, 0.2) is 0 Å². The lowest BCUT2D eigenvalue weighted by Crippen LogP contribution is -2.57. The standard InChI is InChI=1S/C6H6F5NO2/c7-5(8,6(9,10)11)4(13)12-3-1-14-2-3/h3H,1-2H2,(H,12,13). The number of carbonyl (C=O) groups is 1. The van der Waals surface area contributed by atoms with Gasteiger partial charge in [0.05, 0.1) is 19.3 Å². The fourth-order valence-electron chi connectivity index (χ4n) is 0.724. The number of carbonyl (C=O) groups excluding carboxylic acids is 1. The Bertz CT molecular complexity index is 235. The first-order valence-electron chi connectivity index (χ1n) is 3.58. The van der Waals surface area contributed by atoms with E-state index in [9.17, 15) is 26.7 Å². The summed E-state index contributed by atoms with van der Waals surface area (Å²) in [5.41, 5.74) is 0. The second-order valence-corrected chi connectivity index (χ2v) is 2.78. The third kappa shape index (κ3) is 1.94. The van der Waals surface area contributed by atoms with Gasteiger partial charge in [-0.25, -0.2) is 0 Å². The summed E-state index contributed by atoms with van der Waals surface area (Å²) in [7, 11) is 0. The molecule has 0 saturated carbocycles. The topological polar surface area (TPSA) is 38.3 Å². The summed E-state index contributed by atoms with van der Waals surface area (Å²) in [6.45, 7) is -0.0840. The molecule has 1 amide bonds. The summed E-state index contributed by atoms with van der Waals surface area (Å²) in [5.74, 6) is -7.68. The largest absolute Gasteiger partial charge is 0.463 e. The molecule has 8 heteroatoms. The fraction of sp³-hybridized carbons (Fsp3) is 0.833. The minimum absolute atomic E-state index is 0.0420. The average molecular weight is 219 g/mol. The first kappa shape index (κ1) is 11.2. The first-order chi connectivity index (χ1) is 6.25. The maximum absolute atomic E-state index is 12.3. The lowest BCUT2D eigenvalue weighted by molar-refractivity contribution is -0.270. The van der Waals surface area contributed by atoms with Crippen molar-refractivity contribution in [2.45, 2.75) is 18.1 Å². The molecule has 0 aromatic heterocycles. The zero-order valence-corrected chi connectivity index (χ0v) is 6.70. The van der Waals surface area contributed by atoms with Crippen LogP contribution in [0.4, 0.5) is 22.0 Å². The predicted octanol–water partition coefficient (Wildman–Crippen LogP) is 0.699. The predicted molar refractivity (Wildman–Crippen MR) is 33.8 cm³/mol. The highest BCUT2D eigenvalue weighted by molar-refractivity contribution is 5.84. The second kappa shape index (κ2) is 3.34. The minimum Gasteiger partial charge on any atom is -0.377 e. The molecule has 1 fully saturated rings. The smallest absolute Gasteiger partial charge is 0.377 e. The van der Waals surface area contributed by atoms with Crippen molar-refractivity contribution < 1.29 is 31.5 Å². The molecule has 0 radical (unpaired) electrons. The number of nitrogens with one attached hydrogen (secondary N) is 1. The molecule has 82 valence electrons. The van der Waals surface area contributed by atoms with Crippen LogP contribution in [0.5, 0.6) is 0 Å². The van der Waals surface area contributed by atoms with Crippen LogP contribution in [0.15, 0.2) is 0 Å². The van der Waals surface area contributed by atoms with E-state index in [0.29, 0.717) is 0 Å². The Morgan fingerprint density at radius 2 is 1.71 bits per heavy atom. The van der Waals surface area contributed by atoms with Crippen molar-refractivity contribution in [1.82, 2.24) is 5.32 Å². The molecule has 3 nitrogen and oxygen atoms in total. The van der Waals surface area contributed by atoms with Gasteiger partial charge in [0.1, 0.15) is 0 Å². The van der Waals surface area contributed by atoms with Gasteiger partial charge in [-0.2, -0.15) is 22.0 Å². The second-order valence-electron chi connectivity index (χ2n) is 2.78. The van der Waals surface area contributed by atoms with Crippen LogP contribution in [0.3, 0.4) is 0 Å². The van der Waals surface area contributed by atoms with E-state index in [4.69, 9.17) is 0 Å². The van der Waals surface area contributed by atoms with Crippen LogP contribution >= 0.6 is 0 Å². The summed E-state index contributed by atoms with van der Waals surface area (Å²) < 4.78 is 63.9. The van der Waals surface area contributed by atoms with E-state index in [1.165, 1.54) is 5.32 Å². The summed E-state index contributed by atoms with van der Waals surface area (Å²) in [5, 5.41) is 1.53. The van der Waals surface area contributed by atoms with E-state index in [1.54, 1.807) is 0 Å². The lowest BCUT2D eigenvalue weighted by atomic mass is 10.2. The van der Waals surface area contributed by atoms with Crippen molar-refractivity contribution in [2.24, 2.45) is 0 Å². The molecule has 1 saturated heterocycles. The quantitative estimate of drug-likeness (QED) is 0.694. The Morgan fingerprint density at radius 1 is 1.21 bits per heavy atom. The molecule has 0 aromatic rings.